The van der Waals surface area contributed by atoms with Gasteiger partial charge in [-0.05, 0) is 57.1 Å². The van der Waals surface area contributed by atoms with Crippen LogP contribution in [0.1, 0.15) is 58.3 Å². The van der Waals surface area contributed by atoms with Crippen molar-refractivity contribution in [1.82, 2.24) is 0 Å². The molecule has 1 aromatic rings. The Morgan fingerprint density at radius 2 is 1.38 bits per heavy atom. The molecule has 1 rings (SSSR count). The number of benzene rings is 1. The number of para-hydroxylation sites is 1. The maximum atomic E-state index is 11.7. The summed E-state index contributed by atoms with van der Waals surface area (Å²) >= 11 is 0. The van der Waals surface area contributed by atoms with Gasteiger partial charge in [-0.25, -0.2) is 0 Å². The highest BCUT2D eigenvalue weighted by atomic mass is 16.5. The van der Waals surface area contributed by atoms with Gasteiger partial charge in [0.1, 0.15) is 5.75 Å². The van der Waals surface area contributed by atoms with E-state index in [2.05, 4.69) is 55.5 Å². The summed E-state index contributed by atoms with van der Waals surface area (Å²) in [7, 11) is 0. The second kappa shape index (κ2) is 16.1. The van der Waals surface area contributed by atoms with Crippen LogP contribution in [0, 0.1) is 0 Å². The summed E-state index contributed by atoms with van der Waals surface area (Å²) in [5.41, 5.74) is 0. The number of allylic oxidation sites excluding steroid dienone is 8. The monoisotopic (exact) mass is 352 g/mol. The smallest absolute Gasteiger partial charge is 0.311 e. The van der Waals surface area contributed by atoms with E-state index in [1.165, 1.54) is 0 Å². The van der Waals surface area contributed by atoms with Gasteiger partial charge in [-0.3, -0.25) is 4.79 Å². The van der Waals surface area contributed by atoms with Gasteiger partial charge >= 0.3 is 5.97 Å². The Bertz CT molecular complexity index is 579. The average Bonchev–Trinajstić information content (AvgIpc) is 2.65. The molecule has 0 aliphatic heterocycles. The van der Waals surface area contributed by atoms with Crippen molar-refractivity contribution in [3.05, 3.63) is 78.9 Å². The molecular weight excluding hydrogens is 320 g/mol. The van der Waals surface area contributed by atoms with Crippen molar-refractivity contribution in [3.63, 3.8) is 0 Å². The second-order valence-electron chi connectivity index (χ2n) is 6.03. The van der Waals surface area contributed by atoms with Gasteiger partial charge in [0.2, 0.25) is 0 Å². The van der Waals surface area contributed by atoms with Gasteiger partial charge < -0.3 is 4.74 Å². The van der Waals surface area contributed by atoms with Crippen LogP contribution in [0.2, 0.25) is 0 Å². The van der Waals surface area contributed by atoms with Crippen LogP contribution in [0.5, 0.6) is 5.75 Å². The molecule has 0 amide bonds. The van der Waals surface area contributed by atoms with Gasteiger partial charge in [0.05, 0.1) is 0 Å². The molecule has 26 heavy (non-hydrogen) atoms. The van der Waals surface area contributed by atoms with Crippen LogP contribution in [-0.2, 0) is 4.79 Å². The van der Waals surface area contributed by atoms with Gasteiger partial charge in [-0.2, -0.15) is 0 Å². The minimum absolute atomic E-state index is 0.152. The molecule has 140 valence electrons. The normalized spacial score (nSPS) is 12.0. The minimum atomic E-state index is -0.152. The molecule has 0 aliphatic carbocycles. The number of unbranched alkanes of at least 4 members (excludes halogenated alkanes) is 2. The van der Waals surface area contributed by atoms with Crippen LogP contribution < -0.4 is 4.74 Å². The largest absolute Gasteiger partial charge is 0.427 e. The fourth-order valence-electron chi connectivity index (χ4n) is 2.30. The third-order valence-electron chi connectivity index (χ3n) is 3.70. The quantitative estimate of drug-likeness (QED) is 0.166. The molecule has 1 aromatic carbocycles. The zero-order valence-corrected chi connectivity index (χ0v) is 16.0. The zero-order chi connectivity index (χ0) is 18.7. The van der Waals surface area contributed by atoms with E-state index in [-0.39, 0.29) is 5.97 Å². The van der Waals surface area contributed by atoms with Crippen molar-refractivity contribution in [3.8, 4) is 5.75 Å². The van der Waals surface area contributed by atoms with E-state index >= 15 is 0 Å². The summed E-state index contributed by atoms with van der Waals surface area (Å²) in [5.74, 6) is 0.470. The van der Waals surface area contributed by atoms with Crippen LogP contribution in [-0.4, -0.2) is 5.97 Å². The highest BCUT2D eigenvalue weighted by Crippen LogP contribution is 2.10. The Kier molecular flexibility index (Phi) is 13.5. The molecule has 2 nitrogen and oxygen atoms in total. The molecule has 0 heterocycles. The van der Waals surface area contributed by atoms with Crippen LogP contribution >= 0.6 is 0 Å². The lowest BCUT2D eigenvalue weighted by atomic mass is 10.2. The van der Waals surface area contributed by atoms with E-state index in [0.717, 1.165) is 44.9 Å². The van der Waals surface area contributed by atoms with Crippen LogP contribution in [0.3, 0.4) is 0 Å². The predicted octanol–water partition coefficient (Wildman–Crippen LogP) is 6.96. The zero-order valence-electron chi connectivity index (χ0n) is 16.0. The minimum Gasteiger partial charge on any atom is -0.427 e. The van der Waals surface area contributed by atoms with E-state index in [1.54, 1.807) is 12.1 Å². The van der Waals surface area contributed by atoms with Gasteiger partial charge in [0, 0.05) is 6.42 Å². The molecule has 0 radical (unpaired) electrons. The van der Waals surface area contributed by atoms with Gasteiger partial charge in [-0.15, -0.1) is 0 Å². The van der Waals surface area contributed by atoms with E-state index in [4.69, 9.17) is 4.74 Å². The van der Waals surface area contributed by atoms with Gasteiger partial charge in [0.15, 0.2) is 0 Å². The molecule has 0 fully saturated rings. The first-order valence-corrected chi connectivity index (χ1v) is 9.68. The predicted molar refractivity (Wildman–Crippen MR) is 111 cm³/mol. The molecular formula is C24H32O2. The molecule has 0 atom stereocenters. The van der Waals surface area contributed by atoms with Crippen LogP contribution in [0.15, 0.2) is 78.9 Å². The molecule has 0 aliphatic rings. The SMILES string of the molecule is CC/C=C\C/C=C\C/C=C\C/C=C\CCCCC(=O)Oc1ccccc1. The maximum Gasteiger partial charge on any atom is 0.311 e. The molecule has 0 aromatic heterocycles. The molecule has 0 spiro atoms. The summed E-state index contributed by atoms with van der Waals surface area (Å²) in [6.45, 7) is 2.15. The number of ether oxygens (including phenoxy) is 1. The Morgan fingerprint density at radius 3 is 2.00 bits per heavy atom. The highest BCUT2D eigenvalue weighted by molar-refractivity contribution is 5.72. The maximum absolute atomic E-state index is 11.7. The molecule has 0 bridgehead atoms. The lowest BCUT2D eigenvalue weighted by Gasteiger charge is -2.03. The highest BCUT2D eigenvalue weighted by Gasteiger charge is 2.03. The lowest BCUT2D eigenvalue weighted by Crippen LogP contribution is -2.07. The van der Waals surface area contributed by atoms with Crippen molar-refractivity contribution >= 4 is 5.97 Å². The third kappa shape index (κ3) is 13.0. The Morgan fingerprint density at radius 1 is 0.808 bits per heavy atom. The summed E-state index contributed by atoms with van der Waals surface area (Å²) < 4.78 is 5.26. The Hall–Kier alpha value is -2.35. The lowest BCUT2D eigenvalue weighted by molar-refractivity contribution is -0.134. The molecule has 0 unspecified atom stereocenters. The van der Waals surface area contributed by atoms with Crippen molar-refractivity contribution < 1.29 is 9.53 Å². The number of esters is 1. The number of hydrogen-bond acceptors (Lipinski definition) is 2. The van der Waals surface area contributed by atoms with E-state index < -0.39 is 0 Å². The fourth-order valence-corrected chi connectivity index (χ4v) is 2.30. The fraction of sp³-hybridized carbons (Fsp3) is 0.375. The molecule has 0 saturated heterocycles. The summed E-state index contributed by atoms with van der Waals surface area (Å²) in [4.78, 5) is 11.7. The number of carbonyl (C=O) groups excluding carboxylic acids is 1. The van der Waals surface area contributed by atoms with E-state index in [9.17, 15) is 4.79 Å². The van der Waals surface area contributed by atoms with Crippen molar-refractivity contribution in [2.75, 3.05) is 0 Å². The van der Waals surface area contributed by atoms with Crippen LogP contribution in [0.4, 0.5) is 0 Å². The number of rotatable bonds is 13. The number of hydrogen-bond donors (Lipinski definition) is 0. The summed E-state index contributed by atoms with van der Waals surface area (Å²) in [6.07, 6.45) is 25.0. The Labute approximate surface area is 159 Å². The van der Waals surface area contributed by atoms with E-state index in [0.29, 0.717) is 12.2 Å². The van der Waals surface area contributed by atoms with Crippen molar-refractivity contribution in [2.45, 2.75) is 58.3 Å². The molecule has 0 saturated carbocycles. The van der Waals surface area contributed by atoms with Crippen LogP contribution in [0.25, 0.3) is 0 Å². The molecule has 0 N–H and O–H groups in total. The van der Waals surface area contributed by atoms with Gasteiger partial charge in [-0.1, -0.05) is 73.7 Å². The van der Waals surface area contributed by atoms with Crippen molar-refractivity contribution in [2.24, 2.45) is 0 Å². The number of carbonyl (C=O) groups is 1. The Balaban J connectivity index is 1.96. The van der Waals surface area contributed by atoms with Gasteiger partial charge in [0.25, 0.3) is 0 Å². The second-order valence-corrected chi connectivity index (χ2v) is 6.03. The van der Waals surface area contributed by atoms with E-state index in [1.807, 2.05) is 18.2 Å². The topological polar surface area (TPSA) is 26.3 Å². The first kappa shape index (κ1) is 21.7. The molecule has 2 heteroatoms. The summed E-state index contributed by atoms with van der Waals surface area (Å²) in [6, 6.07) is 9.23. The van der Waals surface area contributed by atoms with Crippen molar-refractivity contribution in [1.29, 1.82) is 0 Å². The standard InChI is InChI=1S/C24H32O2/c1-2-3-4-5-6-7-8-9-10-11-12-13-14-15-19-22-24(25)26-23-20-17-16-18-21-23/h3-4,6-7,9-10,12-13,16-18,20-21H,2,5,8,11,14-15,19,22H2,1H3/b4-3-,7-6-,10-9-,13-12-. The first-order chi connectivity index (χ1) is 12.8. The average molecular weight is 353 g/mol. The third-order valence-corrected chi connectivity index (χ3v) is 3.70. The summed E-state index contributed by atoms with van der Waals surface area (Å²) in [5, 5.41) is 0. The first-order valence-electron chi connectivity index (χ1n) is 9.68.